The SMILES string of the molecule is CC1(NC(=O)Nc2cnn(CC(=O)O)c2)CCCCC1. The molecule has 1 heterocycles. The molecule has 0 radical (unpaired) electrons. The Morgan fingerprint density at radius 1 is 1.40 bits per heavy atom. The average Bonchev–Trinajstić information content (AvgIpc) is 2.75. The van der Waals surface area contributed by atoms with Crippen LogP contribution in [0.25, 0.3) is 0 Å². The molecular formula is C13H20N4O3. The van der Waals surface area contributed by atoms with Gasteiger partial charge in [0, 0.05) is 11.7 Å². The van der Waals surface area contributed by atoms with Crippen LogP contribution in [-0.2, 0) is 11.3 Å². The smallest absolute Gasteiger partial charge is 0.325 e. The van der Waals surface area contributed by atoms with Crippen molar-refractivity contribution in [2.45, 2.75) is 51.1 Å². The number of hydrogen-bond donors (Lipinski definition) is 3. The van der Waals surface area contributed by atoms with Gasteiger partial charge in [0.25, 0.3) is 0 Å². The van der Waals surface area contributed by atoms with Crippen LogP contribution >= 0.6 is 0 Å². The highest BCUT2D eigenvalue weighted by Gasteiger charge is 2.28. The lowest BCUT2D eigenvalue weighted by atomic mass is 9.83. The predicted molar refractivity (Wildman–Crippen MR) is 73.5 cm³/mol. The van der Waals surface area contributed by atoms with E-state index in [4.69, 9.17) is 5.11 Å². The minimum Gasteiger partial charge on any atom is -0.480 e. The summed E-state index contributed by atoms with van der Waals surface area (Å²) in [5, 5.41) is 18.2. The molecule has 1 aliphatic rings. The van der Waals surface area contributed by atoms with E-state index in [9.17, 15) is 9.59 Å². The van der Waals surface area contributed by atoms with Crippen LogP contribution in [0.3, 0.4) is 0 Å². The van der Waals surface area contributed by atoms with Crippen molar-refractivity contribution < 1.29 is 14.7 Å². The molecule has 1 aromatic heterocycles. The molecule has 110 valence electrons. The molecule has 7 heteroatoms. The van der Waals surface area contributed by atoms with Crippen molar-refractivity contribution in [2.24, 2.45) is 0 Å². The average molecular weight is 280 g/mol. The third-order valence-corrected chi connectivity index (χ3v) is 3.56. The van der Waals surface area contributed by atoms with Crippen LogP contribution in [0, 0.1) is 0 Å². The first-order valence-corrected chi connectivity index (χ1v) is 6.80. The first kappa shape index (κ1) is 14.4. The van der Waals surface area contributed by atoms with E-state index in [1.165, 1.54) is 23.5 Å². The van der Waals surface area contributed by atoms with E-state index >= 15 is 0 Å². The highest BCUT2D eigenvalue weighted by Crippen LogP contribution is 2.27. The lowest BCUT2D eigenvalue weighted by Gasteiger charge is -2.34. The summed E-state index contributed by atoms with van der Waals surface area (Å²) >= 11 is 0. The molecule has 0 aliphatic heterocycles. The molecule has 1 aliphatic carbocycles. The van der Waals surface area contributed by atoms with Crippen LogP contribution in [0.5, 0.6) is 0 Å². The predicted octanol–water partition coefficient (Wildman–Crippen LogP) is 1.81. The van der Waals surface area contributed by atoms with E-state index in [1.807, 2.05) is 0 Å². The van der Waals surface area contributed by atoms with Crippen molar-refractivity contribution in [1.29, 1.82) is 0 Å². The lowest BCUT2D eigenvalue weighted by Crippen LogP contribution is -2.48. The Morgan fingerprint density at radius 3 is 2.75 bits per heavy atom. The van der Waals surface area contributed by atoms with E-state index in [0.717, 1.165) is 25.7 Å². The van der Waals surface area contributed by atoms with Crippen LogP contribution in [0.2, 0.25) is 0 Å². The maximum atomic E-state index is 11.9. The number of carbonyl (C=O) groups is 2. The van der Waals surface area contributed by atoms with E-state index in [0.29, 0.717) is 5.69 Å². The maximum absolute atomic E-state index is 11.9. The molecule has 1 saturated carbocycles. The molecule has 2 rings (SSSR count). The number of rotatable bonds is 4. The third kappa shape index (κ3) is 3.97. The number of carboxylic acids is 1. The number of aromatic nitrogens is 2. The minimum absolute atomic E-state index is 0.153. The Labute approximate surface area is 117 Å². The van der Waals surface area contributed by atoms with Gasteiger partial charge < -0.3 is 15.7 Å². The Morgan fingerprint density at radius 2 is 2.10 bits per heavy atom. The summed E-state index contributed by atoms with van der Waals surface area (Å²) in [7, 11) is 0. The molecule has 1 aromatic rings. The second-order valence-corrected chi connectivity index (χ2v) is 5.52. The Bertz CT molecular complexity index is 492. The van der Waals surface area contributed by atoms with Crippen LogP contribution in [-0.4, -0.2) is 32.4 Å². The van der Waals surface area contributed by atoms with Gasteiger partial charge in [0.2, 0.25) is 0 Å². The second-order valence-electron chi connectivity index (χ2n) is 5.52. The molecule has 3 N–H and O–H groups in total. The van der Waals surface area contributed by atoms with Gasteiger partial charge in [0.05, 0.1) is 11.9 Å². The Balaban J connectivity index is 1.87. The molecule has 0 atom stereocenters. The zero-order valence-corrected chi connectivity index (χ0v) is 11.6. The van der Waals surface area contributed by atoms with Gasteiger partial charge in [0.15, 0.2) is 0 Å². The molecule has 20 heavy (non-hydrogen) atoms. The number of aliphatic carboxylic acids is 1. The number of urea groups is 1. The van der Waals surface area contributed by atoms with Crippen LogP contribution < -0.4 is 10.6 Å². The number of amides is 2. The molecule has 1 fully saturated rings. The topological polar surface area (TPSA) is 96.3 Å². The van der Waals surface area contributed by atoms with E-state index in [1.54, 1.807) is 0 Å². The quantitative estimate of drug-likeness (QED) is 0.783. The molecule has 0 aromatic carbocycles. The van der Waals surface area contributed by atoms with Crippen LogP contribution in [0.1, 0.15) is 39.0 Å². The number of nitrogens with zero attached hydrogens (tertiary/aromatic N) is 2. The zero-order chi connectivity index (χ0) is 14.6. The minimum atomic E-state index is -0.973. The van der Waals surface area contributed by atoms with Crippen LogP contribution in [0.15, 0.2) is 12.4 Å². The first-order valence-electron chi connectivity index (χ1n) is 6.80. The number of hydrogen-bond acceptors (Lipinski definition) is 3. The van der Waals surface area contributed by atoms with Gasteiger partial charge >= 0.3 is 12.0 Å². The molecule has 2 amide bonds. The Hall–Kier alpha value is -2.05. The highest BCUT2D eigenvalue weighted by molar-refractivity contribution is 5.89. The van der Waals surface area contributed by atoms with Gasteiger partial charge in [-0.15, -0.1) is 0 Å². The second kappa shape index (κ2) is 5.94. The molecule has 0 bridgehead atoms. The van der Waals surface area contributed by atoms with E-state index in [2.05, 4.69) is 22.7 Å². The van der Waals surface area contributed by atoms with Crippen molar-refractivity contribution in [3.8, 4) is 0 Å². The fourth-order valence-electron chi connectivity index (χ4n) is 2.55. The summed E-state index contributed by atoms with van der Waals surface area (Å²) < 4.78 is 1.26. The molecule has 0 unspecified atom stereocenters. The largest absolute Gasteiger partial charge is 0.480 e. The lowest BCUT2D eigenvalue weighted by molar-refractivity contribution is -0.137. The van der Waals surface area contributed by atoms with E-state index < -0.39 is 5.97 Å². The van der Waals surface area contributed by atoms with Gasteiger partial charge in [-0.3, -0.25) is 9.48 Å². The number of anilines is 1. The fourth-order valence-corrected chi connectivity index (χ4v) is 2.55. The maximum Gasteiger partial charge on any atom is 0.325 e. The van der Waals surface area contributed by atoms with Gasteiger partial charge in [-0.25, -0.2) is 4.79 Å². The highest BCUT2D eigenvalue weighted by atomic mass is 16.4. The summed E-state index contributed by atoms with van der Waals surface area (Å²) in [4.78, 5) is 22.5. The van der Waals surface area contributed by atoms with E-state index in [-0.39, 0.29) is 18.1 Å². The van der Waals surface area contributed by atoms with Gasteiger partial charge in [0.1, 0.15) is 6.54 Å². The molecule has 0 spiro atoms. The molecule has 7 nitrogen and oxygen atoms in total. The van der Waals surface area contributed by atoms with Crippen molar-refractivity contribution in [3.05, 3.63) is 12.4 Å². The Kier molecular flexibility index (Phi) is 4.26. The van der Waals surface area contributed by atoms with Crippen molar-refractivity contribution in [3.63, 3.8) is 0 Å². The standard InChI is InChI=1S/C13H20N4O3/c1-13(5-3-2-4-6-13)16-12(20)15-10-7-14-17(8-10)9-11(18)19/h7-8H,2-6,9H2,1H3,(H,18,19)(H2,15,16,20). The summed E-state index contributed by atoms with van der Waals surface area (Å²) in [6, 6.07) is -0.274. The monoisotopic (exact) mass is 280 g/mol. The van der Waals surface area contributed by atoms with Gasteiger partial charge in [-0.1, -0.05) is 19.3 Å². The molecule has 0 saturated heterocycles. The summed E-state index contributed by atoms with van der Waals surface area (Å²) in [6.45, 7) is 1.83. The number of carbonyl (C=O) groups excluding carboxylic acids is 1. The molecular weight excluding hydrogens is 260 g/mol. The number of nitrogens with one attached hydrogen (secondary N) is 2. The summed E-state index contributed by atoms with van der Waals surface area (Å²) in [6.07, 6.45) is 8.39. The van der Waals surface area contributed by atoms with Crippen LogP contribution in [0.4, 0.5) is 10.5 Å². The summed E-state index contributed by atoms with van der Waals surface area (Å²) in [5.41, 5.74) is 0.336. The zero-order valence-electron chi connectivity index (χ0n) is 11.6. The van der Waals surface area contributed by atoms with Crippen molar-refractivity contribution >= 4 is 17.7 Å². The number of carboxylic acid groups (broad SMARTS) is 1. The fraction of sp³-hybridized carbons (Fsp3) is 0.615. The van der Waals surface area contributed by atoms with Crippen molar-refractivity contribution in [2.75, 3.05) is 5.32 Å². The van der Waals surface area contributed by atoms with Crippen molar-refractivity contribution in [1.82, 2.24) is 15.1 Å². The first-order chi connectivity index (χ1) is 9.47. The normalized spacial score (nSPS) is 17.4. The third-order valence-electron chi connectivity index (χ3n) is 3.56. The van der Waals surface area contributed by atoms with Gasteiger partial charge in [-0.05, 0) is 19.8 Å². The van der Waals surface area contributed by atoms with Gasteiger partial charge in [-0.2, -0.15) is 5.10 Å². The summed E-state index contributed by atoms with van der Waals surface area (Å²) in [5.74, 6) is -0.973.